The summed E-state index contributed by atoms with van der Waals surface area (Å²) in [6.45, 7) is 4.58. The van der Waals surface area contributed by atoms with E-state index in [1.807, 2.05) is 0 Å². The van der Waals surface area contributed by atoms with Crippen molar-refractivity contribution in [1.82, 2.24) is 9.88 Å². The van der Waals surface area contributed by atoms with Crippen molar-refractivity contribution in [2.45, 2.75) is 19.8 Å². The number of ether oxygens (including phenoxy) is 1. The minimum Gasteiger partial charge on any atom is -0.462 e. The third-order valence-electron chi connectivity index (χ3n) is 3.57. The number of carbonyl (C=O) groups excluding carboxylic acids is 1. The smallest absolute Gasteiger partial charge is 0.339 e. The molecule has 1 aliphatic rings. The summed E-state index contributed by atoms with van der Waals surface area (Å²) in [4.78, 5) is 19.7. The number of rotatable bonds is 5. The van der Waals surface area contributed by atoms with Crippen molar-refractivity contribution in [3.63, 3.8) is 0 Å². The predicted molar refractivity (Wildman–Crippen MR) is 79.5 cm³/mol. The average molecular weight is 313 g/mol. The highest BCUT2D eigenvalue weighted by Crippen LogP contribution is 2.15. The van der Waals surface area contributed by atoms with Gasteiger partial charge in [0.05, 0.1) is 18.7 Å². The van der Waals surface area contributed by atoms with Crippen LogP contribution in [0.4, 0.5) is 14.6 Å². The van der Waals surface area contributed by atoms with Gasteiger partial charge in [-0.2, -0.15) is 0 Å². The van der Waals surface area contributed by atoms with Crippen molar-refractivity contribution in [1.29, 1.82) is 0 Å². The minimum absolute atomic E-state index is 0.178. The summed E-state index contributed by atoms with van der Waals surface area (Å²) in [6.07, 6.45) is 0.0111. The lowest BCUT2D eigenvalue weighted by Gasteiger charge is -2.22. The molecule has 5 nitrogen and oxygen atoms in total. The first kappa shape index (κ1) is 16.6. The van der Waals surface area contributed by atoms with Gasteiger partial charge in [-0.3, -0.25) is 4.90 Å². The van der Waals surface area contributed by atoms with Crippen LogP contribution in [-0.4, -0.2) is 61.6 Å². The van der Waals surface area contributed by atoms with E-state index in [1.165, 1.54) is 6.20 Å². The Bertz CT molecular complexity index is 482. The van der Waals surface area contributed by atoms with Crippen LogP contribution in [0.15, 0.2) is 18.3 Å². The van der Waals surface area contributed by atoms with Gasteiger partial charge in [0.15, 0.2) is 0 Å². The first-order valence-electron chi connectivity index (χ1n) is 7.48. The largest absolute Gasteiger partial charge is 0.462 e. The van der Waals surface area contributed by atoms with Gasteiger partial charge in [-0.15, -0.1) is 0 Å². The van der Waals surface area contributed by atoms with Gasteiger partial charge in [0.2, 0.25) is 0 Å². The summed E-state index contributed by atoms with van der Waals surface area (Å²) in [7, 11) is 0. The Balaban J connectivity index is 1.95. The molecule has 7 heteroatoms. The maximum Gasteiger partial charge on any atom is 0.339 e. The molecule has 0 radical (unpaired) electrons. The standard InChI is InChI=1S/C15H21F2N3O2/c1-2-22-15(21)12-4-5-14(18-10-12)20-7-3-6-19(8-9-20)11-13(16)17/h4-5,10,13H,2-3,6-9,11H2,1H3. The molecule has 2 rings (SSSR count). The van der Waals surface area contributed by atoms with Gasteiger partial charge in [-0.1, -0.05) is 0 Å². The maximum absolute atomic E-state index is 12.4. The van der Waals surface area contributed by atoms with Crippen LogP contribution in [0.1, 0.15) is 23.7 Å². The highest BCUT2D eigenvalue weighted by molar-refractivity contribution is 5.89. The summed E-state index contributed by atoms with van der Waals surface area (Å²) in [5, 5.41) is 0. The van der Waals surface area contributed by atoms with Crippen molar-refractivity contribution >= 4 is 11.8 Å². The first-order chi connectivity index (χ1) is 10.6. The summed E-state index contributed by atoms with van der Waals surface area (Å²) < 4.78 is 29.8. The fraction of sp³-hybridized carbons (Fsp3) is 0.600. The first-order valence-corrected chi connectivity index (χ1v) is 7.48. The zero-order valence-corrected chi connectivity index (χ0v) is 12.7. The molecule has 0 atom stereocenters. The van der Waals surface area contributed by atoms with Gasteiger partial charge in [0, 0.05) is 32.4 Å². The molecule has 1 aromatic rings. The van der Waals surface area contributed by atoms with E-state index in [0.29, 0.717) is 31.8 Å². The van der Waals surface area contributed by atoms with Gasteiger partial charge < -0.3 is 9.64 Å². The van der Waals surface area contributed by atoms with E-state index < -0.39 is 6.43 Å². The molecule has 0 unspecified atom stereocenters. The topological polar surface area (TPSA) is 45.7 Å². The Morgan fingerprint density at radius 2 is 2.14 bits per heavy atom. The zero-order chi connectivity index (χ0) is 15.9. The molecule has 0 amide bonds. The molecule has 0 aliphatic carbocycles. The number of esters is 1. The van der Waals surface area contributed by atoms with Gasteiger partial charge in [-0.25, -0.2) is 18.6 Å². The minimum atomic E-state index is -2.30. The monoisotopic (exact) mass is 313 g/mol. The Morgan fingerprint density at radius 3 is 2.77 bits per heavy atom. The Morgan fingerprint density at radius 1 is 1.32 bits per heavy atom. The lowest BCUT2D eigenvalue weighted by molar-refractivity contribution is 0.0526. The van der Waals surface area contributed by atoms with Crippen molar-refractivity contribution < 1.29 is 18.3 Å². The van der Waals surface area contributed by atoms with Crippen molar-refractivity contribution in [2.75, 3.05) is 44.2 Å². The van der Waals surface area contributed by atoms with Crippen LogP contribution < -0.4 is 4.90 Å². The summed E-state index contributed by atoms with van der Waals surface area (Å²) in [5.74, 6) is 0.368. The zero-order valence-electron chi connectivity index (χ0n) is 12.7. The van der Waals surface area contributed by atoms with Crippen LogP contribution in [0, 0.1) is 0 Å². The highest BCUT2D eigenvalue weighted by Gasteiger charge is 2.18. The molecule has 1 aliphatic heterocycles. The second kappa shape index (κ2) is 8.03. The number of nitrogens with zero attached hydrogens (tertiary/aromatic N) is 3. The molecule has 0 bridgehead atoms. The van der Waals surface area contributed by atoms with Crippen LogP contribution in [0.5, 0.6) is 0 Å². The van der Waals surface area contributed by atoms with E-state index >= 15 is 0 Å². The number of carbonyl (C=O) groups is 1. The van der Waals surface area contributed by atoms with Crippen molar-refractivity contribution in [3.8, 4) is 0 Å². The molecule has 1 aromatic heterocycles. The van der Waals surface area contributed by atoms with Crippen LogP contribution in [0.3, 0.4) is 0 Å². The van der Waals surface area contributed by atoms with E-state index in [-0.39, 0.29) is 12.5 Å². The second-order valence-corrected chi connectivity index (χ2v) is 5.16. The molecule has 0 saturated carbocycles. The van der Waals surface area contributed by atoms with E-state index in [1.54, 1.807) is 24.0 Å². The average Bonchev–Trinajstić information content (AvgIpc) is 2.73. The normalized spacial score (nSPS) is 16.6. The Kier molecular flexibility index (Phi) is 6.06. The Hall–Kier alpha value is -1.76. The molecule has 2 heterocycles. The fourth-order valence-electron chi connectivity index (χ4n) is 2.49. The number of pyridine rings is 1. The van der Waals surface area contributed by atoms with Gasteiger partial charge in [-0.05, 0) is 25.5 Å². The number of halogens is 2. The molecule has 0 N–H and O–H groups in total. The second-order valence-electron chi connectivity index (χ2n) is 5.16. The quantitative estimate of drug-likeness (QED) is 0.779. The number of alkyl halides is 2. The summed E-state index contributed by atoms with van der Waals surface area (Å²) in [5.41, 5.74) is 0.416. The molecule has 22 heavy (non-hydrogen) atoms. The van der Waals surface area contributed by atoms with Gasteiger partial charge >= 0.3 is 5.97 Å². The lowest BCUT2D eigenvalue weighted by atomic mass is 10.2. The van der Waals surface area contributed by atoms with Crippen LogP contribution >= 0.6 is 0 Å². The third-order valence-corrected chi connectivity index (χ3v) is 3.57. The number of hydrogen-bond donors (Lipinski definition) is 0. The lowest BCUT2D eigenvalue weighted by Crippen LogP contribution is -2.33. The van der Waals surface area contributed by atoms with E-state index in [4.69, 9.17) is 4.74 Å². The van der Waals surface area contributed by atoms with Crippen LogP contribution in [0.25, 0.3) is 0 Å². The van der Waals surface area contributed by atoms with E-state index in [9.17, 15) is 13.6 Å². The van der Waals surface area contributed by atoms with Crippen LogP contribution in [-0.2, 0) is 4.74 Å². The van der Waals surface area contributed by atoms with E-state index in [0.717, 1.165) is 18.8 Å². The molecule has 1 fully saturated rings. The maximum atomic E-state index is 12.4. The highest BCUT2D eigenvalue weighted by atomic mass is 19.3. The van der Waals surface area contributed by atoms with Crippen LogP contribution in [0.2, 0.25) is 0 Å². The molecular formula is C15H21F2N3O2. The molecule has 122 valence electrons. The van der Waals surface area contributed by atoms with Gasteiger partial charge in [0.25, 0.3) is 6.43 Å². The Labute approximate surface area is 128 Å². The predicted octanol–water partition coefficient (Wildman–Crippen LogP) is 2.04. The number of anilines is 1. The van der Waals surface area contributed by atoms with E-state index in [2.05, 4.69) is 9.88 Å². The molecule has 1 saturated heterocycles. The summed E-state index contributed by atoms with van der Waals surface area (Å²) >= 11 is 0. The third kappa shape index (κ3) is 4.62. The fourth-order valence-corrected chi connectivity index (χ4v) is 2.49. The SMILES string of the molecule is CCOC(=O)c1ccc(N2CCCN(CC(F)F)CC2)nc1. The van der Waals surface area contributed by atoms with Crippen molar-refractivity contribution in [3.05, 3.63) is 23.9 Å². The number of hydrogen-bond acceptors (Lipinski definition) is 5. The number of aromatic nitrogens is 1. The van der Waals surface area contributed by atoms with Crippen molar-refractivity contribution in [2.24, 2.45) is 0 Å². The molecule has 0 aromatic carbocycles. The molecule has 0 spiro atoms. The van der Waals surface area contributed by atoms with Gasteiger partial charge in [0.1, 0.15) is 5.82 Å². The molecular weight excluding hydrogens is 292 g/mol. The summed E-state index contributed by atoms with van der Waals surface area (Å²) in [6, 6.07) is 3.46.